The van der Waals surface area contributed by atoms with Gasteiger partial charge in [0.1, 0.15) is 0 Å². The Morgan fingerprint density at radius 1 is 1.09 bits per heavy atom. The smallest absolute Gasteiger partial charge is 0.318 e. The SMILES string of the molecule is O=C1N(Cc2cccnc2)CCN1c1ccc2c(c1)CCC2. The largest absolute Gasteiger partial charge is 0.324 e. The number of fused-ring (bicyclic) bond motifs is 1. The quantitative estimate of drug-likeness (QED) is 0.872. The van der Waals surface area contributed by atoms with Gasteiger partial charge in [0.05, 0.1) is 0 Å². The fourth-order valence-electron chi connectivity index (χ4n) is 3.41. The number of carbonyl (C=O) groups is 1. The molecule has 4 rings (SSSR count). The van der Waals surface area contributed by atoms with Crippen molar-refractivity contribution in [2.75, 3.05) is 18.0 Å². The summed E-state index contributed by atoms with van der Waals surface area (Å²) in [4.78, 5) is 20.5. The van der Waals surface area contributed by atoms with Gasteiger partial charge in [0, 0.05) is 37.7 Å². The summed E-state index contributed by atoms with van der Waals surface area (Å²) in [5.41, 5.74) is 4.98. The predicted octanol–water partition coefficient (Wildman–Crippen LogP) is 3.01. The molecule has 1 aliphatic heterocycles. The van der Waals surface area contributed by atoms with E-state index in [1.165, 1.54) is 24.0 Å². The Kier molecular flexibility index (Phi) is 3.29. The van der Waals surface area contributed by atoms with E-state index in [-0.39, 0.29) is 6.03 Å². The number of rotatable bonds is 3. The predicted molar refractivity (Wildman–Crippen MR) is 85.9 cm³/mol. The lowest BCUT2D eigenvalue weighted by atomic mass is 10.1. The minimum absolute atomic E-state index is 0.0989. The molecule has 0 saturated carbocycles. The number of aromatic nitrogens is 1. The average Bonchev–Trinajstić information content (AvgIpc) is 3.15. The Balaban J connectivity index is 1.52. The van der Waals surface area contributed by atoms with Gasteiger partial charge in [-0.2, -0.15) is 0 Å². The molecule has 2 heterocycles. The van der Waals surface area contributed by atoms with Crippen LogP contribution in [0.5, 0.6) is 0 Å². The number of nitrogens with zero attached hydrogens (tertiary/aromatic N) is 3. The van der Waals surface area contributed by atoms with Crippen LogP contribution in [0.2, 0.25) is 0 Å². The minimum atomic E-state index is 0.0989. The summed E-state index contributed by atoms with van der Waals surface area (Å²) in [6.45, 7) is 2.16. The molecule has 1 saturated heterocycles. The van der Waals surface area contributed by atoms with Gasteiger partial charge < -0.3 is 4.90 Å². The van der Waals surface area contributed by atoms with Gasteiger partial charge in [-0.3, -0.25) is 9.88 Å². The molecule has 1 fully saturated rings. The summed E-state index contributed by atoms with van der Waals surface area (Å²) in [5.74, 6) is 0. The fraction of sp³-hybridized carbons (Fsp3) is 0.333. The summed E-state index contributed by atoms with van der Waals surface area (Å²) < 4.78 is 0. The first kappa shape index (κ1) is 13.3. The summed E-state index contributed by atoms with van der Waals surface area (Å²) in [7, 11) is 0. The highest BCUT2D eigenvalue weighted by Crippen LogP contribution is 2.29. The van der Waals surface area contributed by atoms with Gasteiger partial charge in [0.15, 0.2) is 0 Å². The first-order valence-corrected chi connectivity index (χ1v) is 7.88. The Hall–Kier alpha value is -2.36. The zero-order chi connectivity index (χ0) is 14.9. The number of amides is 2. The van der Waals surface area contributed by atoms with Crippen LogP contribution in [0, 0.1) is 0 Å². The van der Waals surface area contributed by atoms with Gasteiger partial charge in [0.2, 0.25) is 0 Å². The maximum Gasteiger partial charge on any atom is 0.324 e. The third-order valence-corrected chi connectivity index (χ3v) is 4.58. The average molecular weight is 293 g/mol. The standard InChI is InChI=1S/C18H19N3O/c22-18-20(13-14-3-2-8-19-12-14)9-10-21(18)17-7-6-15-4-1-5-16(15)11-17/h2-3,6-8,11-12H,1,4-5,9-10,13H2. The van der Waals surface area contributed by atoms with E-state index in [1.54, 1.807) is 6.20 Å². The number of urea groups is 1. The molecular formula is C18H19N3O. The number of carbonyl (C=O) groups excluding carboxylic acids is 1. The van der Waals surface area contributed by atoms with Crippen molar-refractivity contribution in [1.82, 2.24) is 9.88 Å². The molecular weight excluding hydrogens is 274 g/mol. The molecule has 0 spiro atoms. The van der Waals surface area contributed by atoms with E-state index in [9.17, 15) is 4.79 Å². The molecule has 0 atom stereocenters. The van der Waals surface area contributed by atoms with Crippen LogP contribution in [0.4, 0.5) is 10.5 Å². The molecule has 1 aromatic carbocycles. The van der Waals surface area contributed by atoms with E-state index in [1.807, 2.05) is 28.1 Å². The van der Waals surface area contributed by atoms with Crippen molar-refractivity contribution in [1.29, 1.82) is 0 Å². The molecule has 4 nitrogen and oxygen atoms in total. The van der Waals surface area contributed by atoms with E-state index >= 15 is 0 Å². The number of benzene rings is 1. The van der Waals surface area contributed by atoms with Crippen LogP contribution in [0.3, 0.4) is 0 Å². The summed E-state index contributed by atoms with van der Waals surface area (Å²) >= 11 is 0. The van der Waals surface area contributed by atoms with Crippen LogP contribution in [0.1, 0.15) is 23.1 Å². The lowest BCUT2D eigenvalue weighted by Gasteiger charge is -2.19. The summed E-state index contributed by atoms with van der Waals surface area (Å²) in [6.07, 6.45) is 7.14. The summed E-state index contributed by atoms with van der Waals surface area (Å²) in [6, 6.07) is 10.5. The number of anilines is 1. The second-order valence-electron chi connectivity index (χ2n) is 6.02. The van der Waals surface area contributed by atoms with Crippen molar-refractivity contribution in [2.45, 2.75) is 25.8 Å². The lowest BCUT2D eigenvalue weighted by molar-refractivity contribution is 0.218. The van der Waals surface area contributed by atoms with Crippen molar-refractivity contribution in [3.8, 4) is 0 Å². The molecule has 2 aromatic rings. The molecule has 1 aliphatic carbocycles. The number of hydrogen-bond acceptors (Lipinski definition) is 2. The van der Waals surface area contributed by atoms with Crippen molar-refractivity contribution in [3.63, 3.8) is 0 Å². The van der Waals surface area contributed by atoms with E-state index in [2.05, 4.69) is 23.2 Å². The molecule has 2 amide bonds. The van der Waals surface area contributed by atoms with Gasteiger partial charge in [-0.25, -0.2) is 4.79 Å². The Bertz CT molecular complexity index is 699. The normalized spacial score (nSPS) is 17.2. The molecule has 4 heteroatoms. The number of hydrogen-bond donors (Lipinski definition) is 0. The monoisotopic (exact) mass is 293 g/mol. The van der Waals surface area contributed by atoms with Crippen LogP contribution < -0.4 is 4.90 Å². The summed E-state index contributed by atoms with van der Waals surface area (Å²) in [5, 5.41) is 0. The Labute approximate surface area is 130 Å². The van der Waals surface area contributed by atoms with E-state index in [0.717, 1.165) is 30.8 Å². The number of aryl methyl sites for hydroxylation is 2. The zero-order valence-corrected chi connectivity index (χ0v) is 12.5. The third-order valence-electron chi connectivity index (χ3n) is 4.58. The van der Waals surface area contributed by atoms with Gasteiger partial charge in [0.25, 0.3) is 0 Å². The molecule has 0 radical (unpaired) electrons. The van der Waals surface area contributed by atoms with Crippen molar-refractivity contribution in [2.24, 2.45) is 0 Å². The number of pyridine rings is 1. The highest BCUT2D eigenvalue weighted by Gasteiger charge is 2.30. The van der Waals surface area contributed by atoms with Crippen LogP contribution in [-0.4, -0.2) is 29.0 Å². The minimum Gasteiger partial charge on any atom is -0.318 e. The van der Waals surface area contributed by atoms with E-state index < -0.39 is 0 Å². The maximum atomic E-state index is 12.6. The molecule has 22 heavy (non-hydrogen) atoms. The van der Waals surface area contributed by atoms with Crippen molar-refractivity contribution < 1.29 is 4.79 Å². The fourth-order valence-corrected chi connectivity index (χ4v) is 3.41. The Morgan fingerprint density at radius 2 is 2.00 bits per heavy atom. The molecule has 112 valence electrons. The third kappa shape index (κ3) is 2.34. The molecule has 0 N–H and O–H groups in total. The van der Waals surface area contributed by atoms with Crippen LogP contribution in [-0.2, 0) is 19.4 Å². The second-order valence-corrected chi connectivity index (χ2v) is 6.02. The van der Waals surface area contributed by atoms with E-state index in [4.69, 9.17) is 0 Å². The highest BCUT2D eigenvalue weighted by molar-refractivity contribution is 5.94. The van der Waals surface area contributed by atoms with Crippen LogP contribution in [0.15, 0.2) is 42.7 Å². The van der Waals surface area contributed by atoms with Crippen molar-refractivity contribution >= 4 is 11.7 Å². The maximum absolute atomic E-state index is 12.6. The second kappa shape index (κ2) is 5.44. The molecule has 0 bridgehead atoms. The molecule has 0 unspecified atom stereocenters. The van der Waals surface area contributed by atoms with Gasteiger partial charge in [-0.15, -0.1) is 0 Å². The first-order valence-electron chi connectivity index (χ1n) is 7.88. The highest BCUT2D eigenvalue weighted by atomic mass is 16.2. The van der Waals surface area contributed by atoms with Crippen molar-refractivity contribution in [3.05, 3.63) is 59.4 Å². The zero-order valence-electron chi connectivity index (χ0n) is 12.5. The topological polar surface area (TPSA) is 36.4 Å². The van der Waals surface area contributed by atoms with Crippen LogP contribution in [0.25, 0.3) is 0 Å². The Morgan fingerprint density at radius 3 is 2.86 bits per heavy atom. The first-order chi connectivity index (χ1) is 10.8. The van der Waals surface area contributed by atoms with Gasteiger partial charge in [-0.05, 0) is 54.2 Å². The van der Waals surface area contributed by atoms with Crippen LogP contribution >= 0.6 is 0 Å². The van der Waals surface area contributed by atoms with E-state index in [0.29, 0.717) is 6.54 Å². The molecule has 1 aromatic heterocycles. The van der Waals surface area contributed by atoms with Gasteiger partial charge in [-0.1, -0.05) is 12.1 Å². The van der Waals surface area contributed by atoms with Gasteiger partial charge >= 0.3 is 6.03 Å². The lowest BCUT2D eigenvalue weighted by Crippen LogP contribution is -2.31. The molecule has 2 aliphatic rings.